The van der Waals surface area contributed by atoms with Gasteiger partial charge in [-0.15, -0.1) is 0 Å². The molecular weight excluding hydrogens is 251 g/mol. The molecule has 19 heavy (non-hydrogen) atoms. The van der Waals surface area contributed by atoms with Gasteiger partial charge < -0.3 is 10.6 Å². The van der Waals surface area contributed by atoms with Crippen LogP contribution >= 0.6 is 0 Å². The standard InChI is InChI=1S/C12H15FN4O2/c13-8-3-5-9(6-4-8)15-16-11(18)10-2-1-7-17(10)12(14)19/h3-6,10,15H,1-2,7H2,(H2,14,19)(H,16,18)/t10-/m0/s1. The predicted octanol–water partition coefficient (Wildman–Crippen LogP) is 0.812. The van der Waals surface area contributed by atoms with Crippen molar-refractivity contribution in [2.45, 2.75) is 18.9 Å². The van der Waals surface area contributed by atoms with Crippen molar-refractivity contribution in [2.75, 3.05) is 12.0 Å². The van der Waals surface area contributed by atoms with Crippen LogP contribution in [0.4, 0.5) is 14.9 Å². The van der Waals surface area contributed by atoms with Crippen molar-refractivity contribution in [1.29, 1.82) is 0 Å². The van der Waals surface area contributed by atoms with E-state index in [0.717, 1.165) is 6.42 Å². The molecule has 1 saturated heterocycles. The molecule has 1 fully saturated rings. The maximum Gasteiger partial charge on any atom is 0.315 e. The second-order valence-electron chi connectivity index (χ2n) is 4.31. The molecule has 6 nitrogen and oxygen atoms in total. The molecule has 0 aliphatic carbocycles. The number of nitrogens with one attached hydrogen (secondary N) is 2. The Hall–Kier alpha value is -2.31. The summed E-state index contributed by atoms with van der Waals surface area (Å²) in [6, 6.07) is 4.40. The first-order chi connectivity index (χ1) is 9.08. The number of likely N-dealkylation sites (tertiary alicyclic amines) is 1. The molecule has 0 unspecified atom stereocenters. The Kier molecular flexibility index (Phi) is 3.84. The molecule has 0 bridgehead atoms. The van der Waals surface area contributed by atoms with E-state index in [1.165, 1.54) is 29.2 Å². The molecule has 102 valence electrons. The summed E-state index contributed by atoms with van der Waals surface area (Å²) in [6.45, 7) is 0.490. The van der Waals surface area contributed by atoms with Gasteiger partial charge in [-0.3, -0.25) is 15.6 Å². The van der Waals surface area contributed by atoms with E-state index in [0.29, 0.717) is 18.7 Å². The summed E-state index contributed by atoms with van der Waals surface area (Å²) in [7, 11) is 0. The number of hydrogen-bond acceptors (Lipinski definition) is 3. The average Bonchev–Trinajstić information content (AvgIpc) is 2.87. The molecule has 0 aromatic heterocycles. The number of anilines is 1. The van der Waals surface area contributed by atoms with E-state index in [1.807, 2.05) is 0 Å². The molecule has 0 radical (unpaired) electrons. The van der Waals surface area contributed by atoms with Crippen LogP contribution in [-0.4, -0.2) is 29.4 Å². The molecule has 1 aromatic rings. The third-order valence-corrected chi connectivity index (χ3v) is 3.01. The van der Waals surface area contributed by atoms with E-state index in [4.69, 9.17) is 5.73 Å². The number of carbonyl (C=O) groups is 2. The minimum atomic E-state index is -0.598. The Bertz CT molecular complexity index is 477. The first kappa shape index (κ1) is 13.1. The minimum absolute atomic E-state index is 0.333. The lowest BCUT2D eigenvalue weighted by Crippen LogP contribution is -2.49. The maximum atomic E-state index is 12.7. The number of nitrogens with zero attached hydrogens (tertiary/aromatic N) is 1. The van der Waals surface area contributed by atoms with Gasteiger partial charge in [0.2, 0.25) is 0 Å². The number of carbonyl (C=O) groups excluding carboxylic acids is 2. The molecular formula is C12H15FN4O2. The predicted molar refractivity (Wildman–Crippen MR) is 67.5 cm³/mol. The first-order valence-corrected chi connectivity index (χ1v) is 5.95. The molecule has 2 rings (SSSR count). The minimum Gasteiger partial charge on any atom is -0.351 e. The Morgan fingerprint density at radius 1 is 1.32 bits per heavy atom. The molecule has 1 aromatic carbocycles. The van der Waals surface area contributed by atoms with Crippen molar-refractivity contribution < 1.29 is 14.0 Å². The normalized spacial score (nSPS) is 18.2. The van der Waals surface area contributed by atoms with Gasteiger partial charge in [0, 0.05) is 6.54 Å². The number of hydrogen-bond donors (Lipinski definition) is 3. The van der Waals surface area contributed by atoms with Gasteiger partial charge in [-0.25, -0.2) is 9.18 Å². The van der Waals surface area contributed by atoms with Crippen molar-refractivity contribution in [3.63, 3.8) is 0 Å². The molecule has 1 aliphatic heterocycles. The summed E-state index contributed by atoms with van der Waals surface area (Å²) < 4.78 is 12.7. The van der Waals surface area contributed by atoms with Gasteiger partial charge in [-0.05, 0) is 37.1 Å². The van der Waals surface area contributed by atoms with Crippen LogP contribution in [0.5, 0.6) is 0 Å². The lowest BCUT2D eigenvalue weighted by molar-refractivity contribution is -0.124. The van der Waals surface area contributed by atoms with Crippen molar-refractivity contribution in [2.24, 2.45) is 5.73 Å². The second kappa shape index (κ2) is 5.55. The molecule has 3 amide bonds. The van der Waals surface area contributed by atoms with Gasteiger partial charge in [0.05, 0.1) is 5.69 Å². The van der Waals surface area contributed by atoms with Crippen LogP contribution in [-0.2, 0) is 4.79 Å². The van der Waals surface area contributed by atoms with E-state index >= 15 is 0 Å². The first-order valence-electron chi connectivity index (χ1n) is 5.95. The molecule has 0 spiro atoms. The monoisotopic (exact) mass is 266 g/mol. The van der Waals surface area contributed by atoms with E-state index in [9.17, 15) is 14.0 Å². The Morgan fingerprint density at radius 3 is 2.63 bits per heavy atom. The number of nitrogens with two attached hydrogens (primary N) is 1. The number of rotatable bonds is 3. The summed E-state index contributed by atoms with van der Waals surface area (Å²) in [4.78, 5) is 24.4. The smallest absolute Gasteiger partial charge is 0.315 e. The van der Waals surface area contributed by atoms with Crippen LogP contribution in [0, 0.1) is 5.82 Å². The third-order valence-electron chi connectivity index (χ3n) is 3.01. The molecule has 7 heteroatoms. The largest absolute Gasteiger partial charge is 0.351 e. The summed E-state index contributed by atoms with van der Waals surface area (Å²) >= 11 is 0. The van der Waals surface area contributed by atoms with Crippen LogP contribution in [0.25, 0.3) is 0 Å². The second-order valence-corrected chi connectivity index (χ2v) is 4.31. The van der Waals surface area contributed by atoms with Crippen LogP contribution in [0.1, 0.15) is 12.8 Å². The van der Waals surface area contributed by atoms with Gasteiger partial charge in [0.15, 0.2) is 0 Å². The fourth-order valence-electron chi connectivity index (χ4n) is 2.05. The van der Waals surface area contributed by atoms with Crippen molar-refractivity contribution in [1.82, 2.24) is 10.3 Å². The molecule has 1 heterocycles. The highest BCUT2D eigenvalue weighted by Gasteiger charge is 2.32. The Balaban J connectivity index is 1.90. The van der Waals surface area contributed by atoms with E-state index in [-0.39, 0.29) is 11.7 Å². The molecule has 4 N–H and O–H groups in total. The summed E-state index contributed by atoms with van der Waals surface area (Å²) in [6.07, 6.45) is 1.33. The fourth-order valence-corrected chi connectivity index (χ4v) is 2.05. The van der Waals surface area contributed by atoms with Crippen molar-refractivity contribution >= 4 is 17.6 Å². The lowest BCUT2D eigenvalue weighted by atomic mass is 10.2. The highest BCUT2D eigenvalue weighted by molar-refractivity contribution is 5.87. The number of hydrazine groups is 1. The topological polar surface area (TPSA) is 87.5 Å². The van der Waals surface area contributed by atoms with E-state index in [2.05, 4.69) is 10.9 Å². The van der Waals surface area contributed by atoms with E-state index < -0.39 is 12.1 Å². The molecule has 1 atom stereocenters. The quantitative estimate of drug-likeness (QED) is 0.707. The van der Waals surface area contributed by atoms with Gasteiger partial charge in [-0.1, -0.05) is 0 Å². The summed E-state index contributed by atoms with van der Waals surface area (Å²) in [5.74, 6) is -0.687. The van der Waals surface area contributed by atoms with Crippen molar-refractivity contribution in [3.05, 3.63) is 30.1 Å². The number of halogens is 1. The van der Waals surface area contributed by atoms with Gasteiger partial charge in [-0.2, -0.15) is 0 Å². The van der Waals surface area contributed by atoms with Crippen LogP contribution in [0.3, 0.4) is 0 Å². The Morgan fingerprint density at radius 2 is 2.00 bits per heavy atom. The average molecular weight is 266 g/mol. The van der Waals surface area contributed by atoms with Gasteiger partial charge in [0.25, 0.3) is 5.91 Å². The highest BCUT2D eigenvalue weighted by atomic mass is 19.1. The summed E-state index contributed by atoms with van der Waals surface area (Å²) in [5, 5.41) is 0. The van der Waals surface area contributed by atoms with Crippen molar-refractivity contribution in [3.8, 4) is 0 Å². The van der Waals surface area contributed by atoms with Gasteiger partial charge in [0.1, 0.15) is 11.9 Å². The summed E-state index contributed by atoms with van der Waals surface area (Å²) in [5.41, 5.74) is 10.9. The molecule has 1 aliphatic rings. The SMILES string of the molecule is NC(=O)N1CCC[C@H]1C(=O)NNc1ccc(F)cc1. The van der Waals surface area contributed by atoms with Crippen LogP contribution in [0.15, 0.2) is 24.3 Å². The number of benzene rings is 1. The van der Waals surface area contributed by atoms with Crippen LogP contribution in [0.2, 0.25) is 0 Å². The lowest BCUT2D eigenvalue weighted by Gasteiger charge is -2.22. The fraction of sp³-hybridized carbons (Fsp3) is 0.333. The third kappa shape index (κ3) is 3.12. The number of primary amides is 1. The maximum absolute atomic E-state index is 12.7. The number of amides is 3. The zero-order valence-electron chi connectivity index (χ0n) is 10.2. The Labute approximate surface area is 109 Å². The molecule has 0 saturated carbocycles. The van der Waals surface area contributed by atoms with Crippen LogP contribution < -0.4 is 16.6 Å². The zero-order chi connectivity index (χ0) is 13.8. The van der Waals surface area contributed by atoms with E-state index in [1.54, 1.807) is 0 Å². The highest BCUT2D eigenvalue weighted by Crippen LogP contribution is 2.16. The van der Waals surface area contributed by atoms with Gasteiger partial charge >= 0.3 is 6.03 Å². The number of urea groups is 1. The zero-order valence-corrected chi connectivity index (χ0v) is 10.2.